The Hall–Kier alpha value is -4.39. The Bertz CT molecular complexity index is 1970. The van der Waals surface area contributed by atoms with Gasteiger partial charge in [0.15, 0.2) is 0 Å². The number of anilines is 2. The Morgan fingerprint density at radius 1 is 0.714 bits per heavy atom. The van der Waals surface area contributed by atoms with Crippen LogP contribution in [0.3, 0.4) is 0 Å². The molecule has 0 spiro atoms. The molecule has 0 saturated carbocycles. The largest absolute Gasteiger partial charge is 0.508 e. The fourth-order valence-electron chi connectivity index (χ4n) is 7.57. The number of hydrogen-bond donors (Lipinski definition) is 2. The summed E-state index contributed by atoms with van der Waals surface area (Å²) in [6.45, 7) is 8.06. The summed E-state index contributed by atoms with van der Waals surface area (Å²) in [5.74, 6) is -1.14. The third-order valence-electron chi connectivity index (χ3n) is 10.4. The third-order valence-corrected chi connectivity index (χ3v) is 12.4. The van der Waals surface area contributed by atoms with Gasteiger partial charge in [-0.15, -0.1) is 22.7 Å². The molecule has 4 aromatic heterocycles. The first-order valence-corrected chi connectivity index (χ1v) is 19.9. The van der Waals surface area contributed by atoms with E-state index in [0.29, 0.717) is 0 Å². The van der Waals surface area contributed by atoms with Crippen molar-refractivity contribution in [1.82, 2.24) is 20.6 Å². The monoisotopic (exact) mass is 828 g/mol. The molecule has 304 valence electrons. The van der Waals surface area contributed by atoms with Crippen LogP contribution in [0.1, 0.15) is 85.2 Å². The number of aromatic nitrogens is 2. The van der Waals surface area contributed by atoms with Crippen molar-refractivity contribution in [1.29, 1.82) is 0 Å². The van der Waals surface area contributed by atoms with Crippen molar-refractivity contribution in [3.63, 3.8) is 0 Å². The number of hydrogen-bond acceptors (Lipinski definition) is 11. The molecule has 19 heteroatoms. The molecule has 6 rings (SSSR count). The Morgan fingerprint density at radius 3 is 1.41 bits per heavy atom. The van der Waals surface area contributed by atoms with E-state index in [1.807, 2.05) is 27.7 Å². The molecule has 6 heterocycles. The zero-order valence-electron chi connectivity index (χ0n) is 31.4. The maximum Gasteiger partial charge on any atom is 0.508 e. The van der Waals surface area contributed by atoms with E-state index in [9.17, 15) is 40.7 Å². The lowest BCUT2D eigenvalue weighted by Crippen LogP contribution is -2.50. The van der Waals surface area contributed by atoms with Gasteiger partial charge < -0.3 is 29.9 Å². The van der Waals surface area contributed by atoms with Crippen molar-refractivity contribution in [3.8, 4) is 0 Å². The lowest BCUT2D eigenvalue weighted by Gasteiger charge is -2.43. The molecule has 4 aromatic rings. The third kappa shape index (κ3) is 8.19. The molecule has 2 N–H and O–H groups in total. The summed E-state index contributed by atoms with van der Waals surface area (Å²) in [4.78, 5) is 50.9. The molecular weight excluding hydrogens is 787 g/mol. The summed E-state index contributed by atoms with van der Waals surface area (Å²) in [5.41, 5.74) is -1.74. The number of piperidine rings is 2. The van der Waals surface area contributed by atoms with Gasteiger partial charge in [-0.3, -0.25) is 9.59 Å². The Balaban J connectivity index is 1.16. The highest BCUT2D eigenvalue weighted by molar-refractivity contribution is 7.18. The lowest BCUT2D eigenvalue weighted by atomic mass is 9.90. The second kappa shape index (κ2) is 15.9. The second-order valence-electron chi connectivity index (χ2n) is 14.7. The molecule has 56 heavy (non-hydrogen) atoms. The minimum absolute atomic E-state index is 0.0355. The predicted molar refractivity (Wildman–Crippen MR) is 202 cm³/mol. The van der Waals surface area contributed by atoms with Crippen LogP contribution in [0.5, 0.6) is 0 Å². The van der Waals surface area contributed by atoms with Crippen LogP contribution < -0.4 is 20.4 Å². The van der Waals surface area contributed by atoms with Gasteiger partial charge in [0.25, 0.3) is 11.8 Å². The van der Waals surface area contributed by atoms with Gasteiger partial charge in [0.2, 0.25) is 0 Å². The molecule has 4 atom stereocenters. The Labute approximate surface area is 326 Å². The SMILES string of the molecule is CNC(=O)c1csc2c(C(F)(F)F)cc(N3CCC(OC(=O)OC4CCN(c5cc(C(F)(F)F)c6scc(C(=O)NC)c6n5)C(C(C)C)C4)CC3C(C)C)nc12. The van der Waals surface area contributed by atoms with Gasteiger partial charge in [0.05, 0.1) is 42.7 Å². The molecule has 0 aromatic carbocycles. The molecule has 2 aliphatic heterocycles. The molecule has 0 bridgehead atoms. The standard InChI is InChI=1S/C37H42F6N6O5S2/c1-17(2)25-11-19(7-9-48(25)27-13-23(36(38,39)40)31-29(46-27)21(15-55-31)33(50)44-5)53-35(52)54-20-8-10-49(26(12-20)18(3)4)28-14-24(37(41,42)43)32-30(47-28)22(16-56-32)34(51)45-6/h13-20,25-26H,7-12H2,1-6H3,(H,44,50)(H,45,51). The van der Waals surface area contributed by atoms with E-state index in [1.165, 1.54) is 24.9 Å². The number of amides is 2. The zero-order valence-corrected chi connectivity index (χ0v) is 33.1. The number of rotatable bonds is 8. The second-order valence-corrected chi connectivity index (χ2v) is 16.4. The molecule has 2 saturated heterocycles. The summed E-state index contributed by atoms with van der Waals surface area (Å²) < 4.78 is 96.9. The van der Waals surface area contributed by atoms with Crippen molar-refractivity contribution in [2.45, 2.75) is 90.0 Å². The number of pyridine rings is 2. The van der Waals surface area contributed by atoms with Crippen LogP contribution in [0, 0.1) is 11.8 Å². The van der Waals surface area contributed by atoms with Crippen LogP contribution in [0.2, 0.25) is 0 Å². The molecule has 2 aliphatic rings. The number of ether oxygens (including phenoxy) is 2. The molecule has 2 fully saturated rings. The van der Waals surface area contributed by atoms with Crippen LogP contribution in [-0.4, -0.2) is 79.4 Å². The van der Waals surface area contributed by atoms with Crippen LogP contribution in [-0.2, 0) is 21.8 Å². The smallest absolute Gasteiger partial charge is 0.431 e. The lowest BCUT2D eigenvalue weighted by molar-refractivity contribution is -0.137. The molecule has 0 aliphatic carbocycles. The number of carbonyl (C=O) groups is 3. The van der Waals surface area contributed by atoms with E-state index in [2.05, 4.69) is 20.6 Å². The van der Waals surface area contributed by atoms with Gasteiger partial charge in [0, 0.05) is 75.7 Å². The normalized spacial score (nSPS) is 20.9. The van der Waals surface area contributed by atoms with Gasteiger partial charge in [-0.05, 0) is 24.0 Å². The molecular formula is C37H42F6N6O5S2. The van der Waals surface area contributed by atoms with Gasteiger partial charge in [-0.1, -0.05) is 27.7 Å². The van der Waals surface area contributed by atoms with Gasteiger partial charge in [0.1, 0.15) is 23.8 Å². The highest BCUT2D eigenvalue weighted by atomic mass is 32.1. The van der Waals surface area contributed by atoms with Crippen molar-refractivity contribution < 1.29 is 50.2 Å². The van der Waals surface area contributed by atoms with Gasteiger partial charge in [-0.2, -0.15) is 26.3 Å². The number of nitrogens with one attached hydrogen (secondary N) is 2. The van der Waals surface area contributed by atoms with Gasteiger partial charge >= 0.3 is 18.5 Å². The summed E-state index contributed by atoms with van der Waals surface area (Å²) in [7, 11) is 2.78. The fourth-order valence-corrected chi connectivity index (χ4v) is 9.62. The first-order chi connectivity index (χ1) is 26.3. The highest BCUT2D eigenvalue weighted by Crippen LogP contribution is 2.43. The Kier molecular flexibility index (Phi) is 11.7. The highest BCUT2D eigenvalue weighted by Gasteiger charge is 2.41. The maximum absolute atomic E-state index is 14.3. The molecule has 4 unspecified atom stereocenters. The van der Waals surface area contributed by atoms with Crippen LogP contribution in [0.25, 0.3) is 20.4 Å². The first-order valence-electron chi connectivity index (χ1n) is 18.2. The van der Waals surface area contributed by atoms with E-state index >= 15 is 0 Å². The van der Waals surface area contributed by atoms with Crippen LogP contribution >= 0.6 is 22.7 Å². The first kappa shape index (κ1) is 41.2. The number of thiophene rings is 2. The quantitative estimate of drug-likeness (QED) is 0.133. The van der Waals surface area contributed by atoms with Crippen LogP contribution in [0.15, 0.2) is 22.9 Å². The minimum Gasteiger partial charge on any atom is -0.431 e. The summed E-state index contributed by atoms with van der Waals surface area (Å²) >= 11 is 1.61. The van der Waals surface area contributed by atoms with Gasteiger partial charge in [-0.25, -0.2) is 14.8 Å². The average molecular weight is 829 g/mol. The number of nitrogens with zero attached hydrogens (tertiary/aromatic N) is 4. The topological polar surface area (TPSA) is 126 Å². The van der Waals surface area contributed by atoms with Crippen molar-refractivity contribution in [2.75, 3.05) is 37.0 Å². The van der Waals surface area contributed by atoms with Crippen LogP contribution in [0.4, 0.5) is 42.8 Å². The Morgan fingerprint density at radius 2 is 1.09 bits per heavy atom. The minimum atomic E-state index is -4.69. The van der Waals surface area contributed by atoms with E-state index in [1.54, 1.807) is 9.80 Å². The van der Waals surface area contributed by atoms with Crippen molar-refractivity contribution in [3.05, 3.63) is 45.1 Å². The maximum atomic E-state index is 14.3. The van der Waals surface area contributed by atoms with E-state index in [0.717, 1.165) is 34.8 Å². The van der Waals surface area contributed by atoms with E-state index in [4.69, 9.17) is 9.47 Å². The fraction of sp³-hybridized carbons (Fsp3) is 0.541. The number of carbonyl (C=O) groups excluding carboxylic acids is 3. The predicted octanol–water partition coefficient (Wildman–Crippen LogP) is 8.50. The molecule has 2 amide bonds. The zero-order chi connectivity index (χ0) is 40.9. The van der Waals surface area contributed by atoms with E-state index < -0.39 is 53.7 Å². The summed E-state index contributed by atoms with van der Waals surface area (Å²) in [6, 6.07) is 1.27. The average Bonchev–Trinajstić information content (AvgIpc) is 3.77. The summed E-state index contributed by atoms with van der Waals surface area (Å²) in [6.07, 6.45) is -10.4. The van der Waals surface area contributed by atoms with Crippen molar-refractivity contribution >= 4 is 72.7 Å². The van der Waals surface area contributed by atoms with Crippen molar-refractivity contribution in [2.24, 2.45) is 11.8 Å². The number of fused-ring (bicyclic) bond motifs is 2. The van der Waals surface area contributed by atoms with E-state index in [-0.39, 0.29) is 106 Å². The summed E-state index contributed by atoms with van der Waals surface area (Å²) in [5, 5.41) is 7.63. The molecule has 11 nitrogen and oxygen atoms in total. The molecule has 0 radical (unpaired) electrons. The number of halogens is 6. The number of alkyl halides is 6.